The van der Waals surface area contributed by atoms with Gasteiger partial charge in [-0.05, 0) is 49.7 Å². The number of rotatable bonds is 3. The maximum Gasteiger partial charge on any atom is 0.261 e. The molecule has 0 unspecified atom stereocenters. The summed E-state index contributed by atoms with van der Waals surface area (Å²) in [4.78, 5) is 17.9. The van der Waals surface area contributed by atoms with E-state index in [0.717, 1.165) is 22.2 Å². The summed E-state index contributed by atoms with van der Waals surface area (Å²) in [6.45, 7) is 4.99. The molecule has 1 aliphatic heterocycles. The van der Waals surface area contributed by atoms with Crippen molar-refractivity contribution in [3.63, 3.8) is 0 Å². The summed E-state index contributed by atoms with van der Waals surface area (Å²) in [6.07, 6.45) is 0. The maximum atomic E-state index is 13.3. The zero-order valence-electron chi connectivity index (χ0n) is 17.8. The van der Waals surface area contributed by atoms with Crippen molar-refractivity contribution in [1.29, 1.82) is 0 Å². The number of ether oxygens (including phenoxy) is 2. The fraction of sp³-hybridized carbons (Fsp3) is 0.154. The highest BCUT2D eigenvalue weighted by Crippen LogP contribution is 2.33. The van der Waals surface area contributed by atoms with Crippen molar-refractivity contribution in [2.75, 3.05) is 18.5 Å². The number of nitrogens with zero attached hydrogens (tertiary/aromatic N) is 1. The summed E-state index contributed by atoms with van der Waals surface area (Å²) in [7, 11) is 0. The van der Waals surface area contributed by atoms with Gasteiger partial charge < -0.3 is 19.2 Å². The molecule has 0 saturated heterocycles. The fourth-order valence-electron chi connectivity index (χ4n) is 3.68. The summed E-state index contributed by atoms with van der Waals surface area (Å²) in [5.74, 6) is 1.01. The van der Waals surface area contributed by atoms with E-state index in [0.29, 0.717) is 41.5 Å². The minimum absolute atomic E-state index is 0.225. The van der Waals surface area contributed by atoms with E-state index in [1.165, 1.54) is 0 Å². The SMILES string of the molecule is Cc1ccc(NC(=O)c2cc3ccccc3oc2=Nc2ccc3c(c2)OCCO3)c(C)c1. The summed E-state index contributed by atoms with van der Waals surface area (Å²) < 4.78 is 17.3. The van der Waals surface area contributed by atoms with E-state index < -0.39 is 0 Å². The summed E-state index contributed by atoms with van der Waals surface area (Å²) in [5, 5.41) is 3.81. The minimum atomic E-state index is -0.289. The van der Waals surface area contributed by atoms with Gasteiger partial charge in [-0.1, -0.05) is 35.9 Å². The second-order valence-electron chi connectivity index (χ2n) is 7.72. The largest absolute Gasteiger partial charge is 0.486 e. The molecule has 1 N–H and O–H groups in total. The molecule has 6 nitrogen and oxygen atoms in total. The molecule has 3 aromatic carbocycles. The third kappa shape index (κ3) is 3.95. The highest BCUT2D eigenvalue weighted by atomic mass is 16.6. The van der Waals surface area contributed by atoms with E-state index >= 15 is 0 Å². The molecule has 0 bridgehead atoms. The molecule has 4 aromatic rings. The van der Waals surface area contributed by atoms with Crippen molar-refractivity contribution in [2.24, 2.45) is 4.99 Å². The Balaban J connectivity index is 1.60. The normalized spacial score (nSPS) is 13.2. The van der Waals surface area contributed by atoms with E-state index in [2.05, 4.69) is 10.3 Å². The predicted octanol–water partition coefficient (Wildman–Crippen LogP) is 5.31. The molecule has 0 aliphatic carbocycles. The van der Waals surface area contributed by atoms with Crippen LogP contribution in [0.2, 0.25) is 0 Å². The monoisotopic (exact) mass is 426 g/mol. The lowest BCUT2D eigenvalue weighted by Crippen LogP contribution is -2.22. The van der Waals surface area contributed by atoms with Crippen LogP contribution in [-0.2, 0) is 0 Å². The fourth-order valence-corrected chi connectivity index (χ4v) is 3.68. The van der Waals surface area contributed by atoms with E-state index in [1.807, 2.05) is 68.4 Å². The van der Waals surface area contributed by atoms with Gasteiger partial charge in [-0.15, -0.1) is 0 Å². The first-order chi connectivity index (χ1) is 15.6. The van der Waals surface area contributed by atoms with Crippen LogP contribution in [0.5, 0.6) is 11.5 Å². The Hall–Kier alpha value is -4.06. The second-order valence-corrected chi connectivity index (χ2v) is 7.72. The number of carbonyl (C=O) groups is 1. The predicted molar refractivity (Wildman–Crippen MR) is 123 cm³/mol. The quantitative estimate of drug-likeness (QED) is 0.482. The van der Waals surface area contributed by atoms with Gasteiger partial charge in [0, 0.05) is 17.1 Å². The molecule has 32 heavy (non-hydrogen) atoms. The van der Waals surface area contributed by atoms with Crippen molar-refractivity contribution in [2.45, 2.75) is 13.8 Å². The van der Waals surface area contributed by atoms with Crippen LogP contribution in [0.25, 0.3) is 11.0 Å². The minimum Gasteiger partial charge on any atom is -0.486 e. The Morgan fingerprint density at radius 1 is 0.906 bits per heavy atom. The Bertz CT molecular complexity index is 1400. The Morgan fingerprint density at radius 2 is 1.72 bits per heavy atom. The Kier molecular flexibility index (Phi) is 5.11. The van der Waals surface area contributed by atoms with Crippen LogP contribution in [0.15, 0.2) is 76.1 Å². The standard InChI is InChI=1S/C26H22N2O4/c1-16-7-9-21(17(2)13-16)28-25(29)20-14-18-5-3-4-6-22(18)32-26(20)27-19-8-10-23-24(15-19)31-12-11-30-23/h3-10,13-15H,11-12H2,1-2H3,(H,28,29). The van der Waals surface area contributed by atoms with Crippen molar-refractivity contribution >= 4 is 28.3 Å². The zero-order valence-corrected chi connectivity index (χ0v) is 17.8. The van der Waals surface area contributed by atoms with E-state index in [4.69, 9.17) is 13.9 Å². The molecule has 0 saturated carbocycles. The molecule has 1 aromatic heterocycles. The van der Waals surface area contributed by atoms with Gasteiger partial charge in [0.05, 0.1) is 5.69 Å². The van der Waals surface area contributed by atoms with Gasteiger partial charge in [-0.2, -0.15) is 0 Å². The van der Waals surface area contributed by atoms with Gasteiger partial charge in [0.25, 0.3) is 5.91 Å². The van der Waals surface area contributed by atoms with Gasteiger partial charge in [0.15, 0.2) is 11.5 Å². The van der Waals surface area contributed by atoms with Gasteiger partial charge in [0.2, 0.25) is 5.55 Å². The average Bonchev–Trinajstić information content (AvgIpc) is 2.80. The van der Waals surface area contributed by atoms with Gasteiger partial charge in [-0.3, -0.25) is 4.79 Å². The molecule has 0 fully saturated rings. The first kappa shape index (κ1) is 19.9. The third-order valence-electron chi connectivity index (χ3n) is 5.29. The Morgan fingerprint density at radius 3 is 2.56 bits per heavy atom. The highest BCUT2D eigenvalue weighted by Gasteiger charge is 2.15. The first-order valence-electron chi connectivity index (χ1n) is 10.4. The van der Waals surface area contributed by atoms with Gasteiger partial charge in [-0.25, -0.2) is 4.99 Å². The smallest absolute Gasteiger partial charge is 0.261 e. The highest BCUT2D eigenvalue weighted by molar-refractivity contribution is 6.05. The van der Waals surface area contributed by atoms with Crippen LogP contribution < -0.4 is 20.3 Å². The van der Waals surface area contributed by atoms with Crippen LogP contribution in [0.3, 0.4) is 0 Å². The number of nitrogens with one attached hydrogen (secondary N) is 1. The van der Waals surface area contributed by atoms with E-state index in [1.54, 1.807) is 12.1 Å². The molecule has 0 spiro atoms. The number of amides is 1. The van der Waals surface area contributed by atoms with Crippen molar-refractivity contribution in [1.82, 2.24) is 0 Å². The lowest BCUT2D eigenvalue weighted by Gasteiger charge is -2.18. The van der Waals surface area contributed by atoms with Gasteiger partial charge >= 0.3 is 0 Å². The van der Waals surface area contributed by atoms with E-state index in [9.17, 15) is 4.79 Å². The molecular weight excluding hydrogens is 404 g/mol. The number of fused-ring (bicyclic) bond motifs is 2. The molecule has 0 radical (unpaired) electrons. The molecule has 6 heteroatoms. The van der Waals surface area contributed by atoms with Crippen LogP contribution in [0.4, 0.5) is 11.4 Å². The second kappa shape index (κ2) is 8.23. The maximum absolute atomic E-state index is 13.3. The zero-order chi connectivity index (χ0) is 22.1. The lowest BCUT2D eigenvalue weighted by atomic mass is 10.1. The van der Waals surface area contributed by atoms with Crippen molar-refractivity contribution in [3.8, 4) is 11.5 Å². The molecular formula is C26H22N2O4. The van der Waals surface area contributed by atoms with Crippen LogP contribution in [-0.4, -0.2) is 19.1 Å². The molecule has 1 aliphatic rings. The first-order valence-corrected chi connectivity index (χ1v) is 10.4. The summed E-state index contributed by atoms with van der Waals surface area (Å²) >= 11 is 0. The molecule has 2 heterocycles. The molecule has 5 rings (SSSR count). The molecule has 0 atom stereocenters. The number of aryl methyl sites for hydroxylation is 2. The number of anilines is 1. The average molecular weight is 426 g/mol. The summed E-state index contributed by atoms with van der Waals surface area (Å²) in [6, 6.07) is 20.6. The molecule has 160 valence electrons. The number of benzene rings is 3. The van der Waals surface area contributed by atoms with Crippen LogP contribution >= 0.6 is 0 Å². The van der Waals surface area contributed by atoms with Crippen molar-refractivity contribution < 1.29 is 18.7 Å². The van der Waals surface area contributed by atoms with Crippen molar-refractivity contribution in [3.05, 3.63) is 89.0 Å². The van der Waals surface area contributed by atoms with Crippen LogP contribution in [0, 0.1) is 13.8 Å². The third-order valence-corrected chi connectivity index (χ3v) is 5.29. The number of hydrogen-bond acceptors (Lipinski definition) is 5. The topological polar surface area (TPSA) is 73.1 Å². The molecule has 1 amide bonds. The van der Waals surface area contributed by atoms with Gasteiger partial charge in [0.1, 0.15) is 24.4 Å². The summed E-state index contributed by atoms with van der Waals surface area (Å²) in [5.41, 5.74) is 4.69. The van der Waals surface area contributed by atoms with Crippen LogP contribution in [0.1, 0.15) is 21.5 Å². The number of para-hydroxylation sites is 1. The Labute approximate surface area is 185 Å². The number of hydrogen-bond donors (Lipinski definition) is 1. The lowest BCUT2D eigenvalue weighted by molar-refractivity contribution is 0.102. The number of carbonyl (C=O) groups excluding carboxylic acids is 1. The van der Waals surface area contributed by atoms with E-state index in [-0.39, 0.29) is 11.5 Å².